The Labute approximate surface area is 71.7 Å². The molecule has 0 aliphatic carbocycles. The first kappa shape index (κ1) is 7.86. The number of azo groups is 1. The van der Waals surface area contributed by atoms with Crippen molar-refractivity contribution < 1.29 is 4.79 Å². The third kappa shape index (κ3) is 0.982. The van der Waals surface area contributed by atoms with Crippen molar-refractivity contribution in [2.24, 2.45) is 16.1 Å². The number of Topliss-reactive ketones (excluding diaryl/α,β-unsaturated/α-hetero) is 1. The molecule has 12 heavy (non-hydrogen) atoms. The van der Waals surface area contributed by atoms with Gasteiger partial charge in [0, 0.05) is 12.5 Å². The van der Waals surface area contributed by atoms with E-state index in [1.807, 2.05) is 7.05 Å². The zero-order valence-electron chi connectivity index (χ0n) is 7.40. The zero-order chi connectivity index (χ0) is 8.72. The molecular formula is C8H13N3O. The molecule has 1 saturated heterocycles. The molecule has 0 saturated carbocycles. The van der Waals surface area contributed by atoms with E-state index in [0.717, 1.165) is 13.1 Å². The summed E-state index contributed by atoms with van der Waals surface area (Å²) in [6.45, 7) is 3.28. The molecule has 0 spiro atoms. The van der Waals surface area contributed by atoms with Crippen LogP contribution >= 0.6 is 0 Å². The normalized spacial score (nSPS) is 40.3. The number of likely N-dealkylation sites (tertiary alicyclic amines) is 1. The SMILES string of the molecule is CC(=O)C1C2CN=NC2CN1C. The van der Waals surface area contributed by atoms with Gasteiger partial charge < -0.3 is 0 Å². The Kier molecular flexibility index (Phi) is 1.72. The maximum Gasteiger partial charge on any atom is 0.147 e. The summed E-state index contributed by atoms with van der Waals surface area (Å²) in [7, 11) is 1.99. The maximum atomic E-state index is 11.3. The fraction of sp³-hybridized carbons (Fsp3) is 0.875. The summed E-state index contributed by atoms with van der Waals surface area (Å²) in [6, 6.07) is 0.342. The molecule has 66 valence electrons. The lowest BCUT2D eigenvalue weighted by molar-refractivity contribution is -0.121. The smallest absolute Gasteiger partial charge is 0.147 e. The van der Waals surface area contributed by atoms with Crippen molar-refractivity contribution in [2.75, 3.05) is 20.1 Å². The van der Waals surface area contributed by atoms with Crippen molar-refractivity contribution in [2.45, 2.75) is 19.0 Å². The molecule has 0 N–H and O–H groups in total. The highest BCUT2D eigenvalue weighted by atomic mass is 16.1. The first-order chi connectivity index (χ1) is 5.70. The van der Waals surface area contributed by atoms with Crippen LogP contribution in [0.1, 0.15) is 6.92 Å². The zero-order valence-corrected chi connectivity index (χ0v) is 7.40. The van der Waals surface area contributed by atoms with E-state index in [9.17, 15) is 4.79 Å². The molecule has 2 heterocycles. The van der Waals surface area contributed by atoms with Crippen molar-refractivity contribution in [1.29, 1.82) is 0 Å². The van der Waals surface area contributed by atoms with Gasteiger partial charge in [-0.1, -0.05) is 0 Å². The van der Waals surface area contributed by atoms with Gasteiger partial charge in [0.25, 0.3) is 0 Å². The summed E-state index contributed by atoms with van der Waals surface area (Å²) in [4.78, 5) is 13.4. The average Bonchev–Trinajstić information content (AvgIpc) is 2.44. The lowest BCUT2D eigenvalue weighted by Gasteiger charge is -2.19. The van der Waals surface area contributed by atoms with E-state index in [0.29, 0.717) is 5.92 Å². The Morgan fingerprint density at radius 2 is 2.33 bits per heavy atom. The molecule has 2 rings (SSSR count). The summed E-state index contributed by atoms with van der Waals surface area (Å²) in [5.74, 6) is 0.602. The predicted molar refractivity (Wildman–Crippen MR) is 44.1 cm³/mol. The second-order valence-corrected chi connectivity index (χ2v) is 3.67. The number of carbonyl (C=O) groups is 1. The minimum Gasteiger partial charge on any atom is -0.298 e. The third-order valence-electron chi connectivity index (χ3n) is 2.79. The molecule has 1 fully saturated rings. The highest BCUT2D eigenvalue weighted by molar-refractivity contribution is 5.82. The van der Waals surface area contributed by atoms with Gasteiger partial charge in [0.15, 0.2) is 0 Å². The largest absolute Gasteiger partial charge is 0.298 e. The molecule has 2 aliphatic rings. The Bertz CT molecular complexity index is 238. The molecule has 4 nitrogen and oxygen atoms in total. The average molecular weight is 167 g/mol. The van der Waals surface area contributed by atoms with E-state index in [4.69, 9.17) is 0 Å². The van der Waals surface area contributed by atoms with Crippen LogP contribution in [0.25, 0.3) is 0 Å². The van der Waals surface area contributed by atoms with Crippen LogP contribution in [0.5, 0.6) is 0 Å². The molecule has 3 atom stereocenters. The van der Waals surface area contributed by atoms with Crippen molar-refractivity contribution in [3.05, 3.63) is 0 Å². The van der Waals surface area contributed by atoms with Crippen LogP contribution in [0.4, 0.5) is 0 Å². The first-order valence-electron chi connectivity index (χ1n) is 4.27. The summed E-state index contributed by atoms with van der Waals surface area (Å²) in [5, 5.41) is 8.09. The fourth-order valence-electron chi connectivity index (χ4n) is 2.28. The van der Waals surface area contributed by atoms with Crippen LogP contribution in [0.15, 0.2) is 10.2 Å². The number of fused-ring (bicyclic) bond motifs is 1. The molecule has 0 amide bonds. The van der Waals surface area contributed by atoms with E-state index in [-0.39, 0.29) is 17.9 Å². The van der Waals surface area contributed by atoms with Gasteiger partial charge in [-0.15, -0.1) is 0 Å². The molecule has 0 aromatic carbocycles. The molecule has 4 heteroatoms. The van der Waals surface area contributed by atoms with Crippen molar-refractivity contribution in [3.8, 4) is 0 Å². The van der Waals surface area contributed by atoms with Gasteiger partial charge in [0.05, 0.1) is 18.6 Å². The van der Waals surface area contributed by atoms with Crippen molar-refractivity contribution in [1.82, 2.24) is 4.90 Å². The molecule has 0 radical (unpaired) electrons. The second-order valence-electron chi connectivity index (χ2n) is 3.67. The van der Waals surface area contributed by atoms with Crippen molar-refractivity contribution >= 4 is 5.78 Å². The number of ketones is 1. The number of rotatable bonds is 1. The van der Waals surface area contributed by atoms with Crippen LogP contribution in [-0.2, 0) is 4.79 Å². The van der Waals surface area contributed by atoms with E-state index >= 15 is 0 Å². The Morgan fingerprint density at radius 1 is 1.58 bits per heavy atom. The topological polar surface area (TPSA) is 45.0 Å². The monoisotopic (exact) mass is 167 g/mol. The number of carbonyl (C=O) groups excluding carboxylic acids is 1. The van der Waals surface area contributed by atoms with Gasteiger partial charge >= 0.3 is 0 Å². The molecule has 0 aromatic heterocycles. The van der Waals surface area contributed by atoms with Crippen molar-refractivity contribution in [3.63, 3.8) is 0 Å². The summed E-state index contributed by atoms with van der Waals surface area (Å²) >= 11 is 0. The Morgan fingerprint density at radius 3 is 3.00 bits per heavy atom. The molecular weight excluding hydrogens is 154 g/mol. The van der Waals surface area contributed by atoms with Crippen LogP contribution in [0.3, 0.4) is 0 Å². The van der Waals surface area contributed by atoms with Gasteiger partial charge in [-0.2, -0.15) is 10.2 Å². The summed E-state index contributed by atoms with van der Waals surface area (Å²) in [5.41, 5.74) is 0. The van der Waals surface area contributed by atoms with E-state index < -0.39 is 0 Å². The second kappa shape index (κ2) is 2.62. The quantitative estimate of drug-likeness (QED) is 0.565. The maximum absolute atomic E-state index is 11.3. The van der Waals surface area contributed by atoms with Gasteiger partial charge in [-0.3, -0.25) is 9.69 Å². The van der Waals surface area contributed by atoms with E-state index in [2.05, 4.69) is 15.1 Å². The van der Waals surface area contributed by atoms with Crippen LogP contribution in [-0.4, -0.2) is 42.9 Å². The lowest BCUT2D eigenvalue weighted by Crippen LogP contribution is -2.36. The van der Waals surface area contributed by atoms with E-state index in [1.54, 1.807) is 6.92 Å². The molecule has 2 aliphatic heterocycles. The van der Waals surface area contributed by atoms with Crippen LogP contribution in [0, 0.1) is 5.92 Å². The predicted octanol–water partition coefficient (Wildman–Crippen LogP) is 0.340. The summed E-state index contributed by atoms with van der Waals surface area (Å²) in [6.07, 6.45) is 0. The van der Waals surface area contributed by atoms with Gasteiger partial charge in [-0.05, 0) is 14.0 Å². The Balaban J connectivity index is 2.19. The van der Waals surface area contributed by atoms with Gasteiger partial charge in [-0.25, -0.2) is 0 Å². The first-order valence-corrected chi connectivity index (χ1v) is 4.27. The number of hydrogen-bond acceptors (Lipinski definition) is 4. The fourth-order valence-corrected chi connectivity index (χ4v) is 2.28. The van der Waals surface area contributed by atoms with Gasteiger partial charge in [0.1, 0.15) is 5.78 Å². The molecule has 0 bridgehead atoms. The highest BCUT2D eigenvalue weighted by Gasteiger charge is 2.44. The van der Waals surface area contributed by atoms with Crippen LogP contribution in [0.2, 0.25) is 0 Å². The number of hydrogen-bond donors (Lipinski definition) is 0. The molecule has 0 aromatic rings. The minimum absolute atomic E-state index is 0.0602. The third-order valence-corrected chi connectivity index (χ3v) is 2.79. The van der Waals surface area contributed by atoms with Gasteiger partial charge in [0.2, 0.25) is 0 Å². The number of likely N-dealkylation sites (N-methyl/N-ethyl adjacent to an activating group) is 1. The highest BCUT2D eigenvalue weighted by Crippen LogP contribution is 2.30. The minimum atomic E-state index is 0.0602. The number of nitrogens with zero attached hydrogens (tertiary/aromatic N) is 3. The summed E-state index contributed by atoms with van der Waals surface area (Å²) < 4.78 is 0. The molecule has 3 unspecified atom stereocenters. The Hall–Kier alpha value is -0.770. The lowest BCUT2D eigenvalue weighted by atomic mass is 9.95. The van der Waals surface area contributed by atoms with Crippen LogP contribution < -0.4 is 0 Å². The van der Waals surface area contributed by atoms with E-state index in [1.165, 1.54) is 0 Å². The standard InChI is InChI=1S/C8H13N3O/c1-5(12)8-6-3-9-10-7(6)4-11(8)2/h6-8H,3-4H2,1-2H3.